The SMILES string of the molecule is Cc1cc(OCC2=NN3C(=CSC34CCCCC4)O2)ccc1Cl. The highest BCUT2D eigenvalue weighted by Gasteiger charge is 2.47. The predicted octanol–water partition coefficient (Wildman–Crippen LogP) is 4.88. The Balaban J connectivity index is 1.43. The molecule has 1 aliphatic carbocycles. The Kier molecular flexibility index (Phi) is 3.93. The van der Waals surface area contributed by atoms with Crippen molar-refractivity contribution in [3.8, 4) is 5.75 Å². The molecule has 4 rings (SSSR count). The van der Waals surface area contributed by atoms with Gasteiger partial charge < -0.3 is 9.47 Å². The predicted molar refractivity (Wildman–Crippen MR) is 93.5 cm³/mol. The molecule has 0 radical (unpaired) electrons. The quantitative estimate of drug-likeness (QED) is 0.778. The lowest BCUT2D eigenvalue weighted by atomic mass is 9.94. The van der Waals surface area contributed by atoms with Crippen molar-refractivity contribution in [3.63, 3.8) is 0 Å². The van der Waals surface area contributed by atoms with E-state index in [-0.39, 0.29) is 4.87 Å². The van der Waals surface area contributed by atoms with Crippen molar-refractivity contribution in [3.05, 3.63) is 40.1 Å². The molecule has 2 aliphatic heterocycles. The van der Waals surface area contributed by atoms with Gasteiger partial charge in [-0.05, 0) is 43.5 Å². The molecular formula is C17H19ClN2O2S. The first kappa shape index (κ1) is 15.2. The van der Waals surface area contributed by atoms with E-state index in [0.29, 0.717) is 12.5 Å². The van der Waals surface area contributed by atoms with E-state index in [9.17, 15) is 0 Å². The van der Waals surface area contributed by atoms with E-state index in [1.165, 1.54) is 19.3 Å². The summed E-state index contributed by atoms with van der Waals surface area (Å²) in [4.78, 5) is 0.0756. The van der Waals surface area contributed by atoms with Gasteiger partial charge in [-0.3, -0.25) is 0 Å². The summed E-state index contributed by atoms with van der Waals surface area (Å²) in [6.45, 7) is 2.29. The van der Waals surface area contributed by atoms with Gasteiger partial charge in [0.15, 0.2) is 6.61 Å². The summed E-state index contributed by atoms with van der Waals surface area (Å²) >= 11 is 7.89. The van der Waals surface area contributed by atoms with E-state index in [1.807, 2.05) is 36.9 Å². The second kappa shape index (κ2) is 5.95. The van der Waals surface area contributed by atoms with Gasteiger partial charge in [-0.2, -0.15) is 0 Å². The van der Waals surface area contributed by atoms with Gasteiger partial charge in [0.25, 0.3) is 5.90 Å². The Morgan fingerprint density at radius 3 is 2.96 bits per heavy atom. The van der Waals surface area contributed by atoms with Crippen molar-refractivity contribution in [1.29, 1.82) is 0 Å². The molecule has 3 aliphatic rings. The van der Waals surface area contributed by atoms with Crippen molar-refractivity contribution in [2.75, 3.05) is 6.61 Å². The van der Waals surface area contributed by atoms with Gasteiger partial charge in [-0.25, -0.2) is 5.01 Å². The van der Waals surface area contributed by atoms with Crippen molar-refractivity contribution in [2.45, 2.75) is 43.9 Å². The van der Waals surface area contributed by atoms with Crippen LogP contribution in [0, 0.1) is 6.92 Å². The fourth-order valence-corrected chi connectivity index (χ4v) is 4.61. The highest BCUT2D eigenvalue weighted by molar-refractivity contribution is 8.03. The number of thioether (sulfide) groups is 1. The molecule has 1 aromatic rings. The highest BCUT2D eigenvalue weighted by atomic mass is 35.5. The first-order valence-corrected chi connectivity index (χ1v) is 9.25. The van der Waals surface area contributed by atoms with Crippen LogP contribution in [0.1, 0.15) is 37.7 Å². The maximum atomic E-state index is 6.03. The Morgan fingerprint density at radius 1 is 1.35 bits per heavy atom. The lowest BCUT2D eigenvalue weighted by molar-refractivity contribution is 0.149. The third-order valence-corrected chi connectivity index (χ3v) is 6.30. The summed E-state index contributed by atoms with van der Waals surface area (Å²) < 4.78 is 11.6. The Hall–Kier alpha value is -1.33. The number of ether oxygens (including phenoxy) is 2. The van der Waals surface area contributed by atoms with Gasteiger partial charge in [0.1, 0.15) is 10.6 Å². The summed E-state index contributed by atoms with van der Waals surface area (Å²) in [5, 5.41) is 9.58. The summed E-state index contributed by atoms with van der Waals surface area (Å²) in [7, 11) is 0. The van der Waals surface area contributed by atoms with Crippen LogP contribution >= 0.6 is 23.4 Å². The molecule has 1 aromatic carbocycles. The van der Waals surface area contributed by atoms with Crippen molar-refractivity contribution >= 4 is 29.3 Å². The molecule has 0 amide bonds. The molecule has 0 saturated heterocycles. The minimum atomic E-state index is 0.0756. The number of rotatable bonds is 3. The molecule has 2 heterocycles. The average molecular weight is 351 g/mol. The number of hydrogen-bond acceptors (Lipinski definition) is 5. The van der Waals surface area contributed by atoms with Crippen LogP contribution in [0.2, 0.25) is 5.02 Å². The number of hydrazone groups is 1. The smallest absolute Gasteiger partial charge is 0.252 e. The third kappa shape index (κ3) is 2.81. The van der Waals surface area contributed by atoms with Gasteiger partial charge in [0.2, 0.25) is 5.88 Å². The van der Waals surface area contributed by atoms with E-state index in [1.54, 1.807) is 0 Å². The summed E-state index contributed by atoms with van der Waals surface area (Å²) in [6, 6.07) is 5.64. The van der Waals surface area contributed by atoms with E-state index in [0.717, 1.165) is 35.1 Å². The maximum Gasteiger partial charge on any atom is 0.252 e. The molecule has 1 saturated carbocycles. The van der Waals surface area contributed by atoms with Gasteiger partial charge in [0, 0.05) is 10.4 Å². The van der Waals surface area contributed by atoms with Gasteiger partial charge in [-0.15, -0.1) is 5.10 Å². The fraction of sp³-hybridized carbons (Fsp3) is 0.471. The second-order valence-electron chi connectivity index (χ2n) is 6.19. The number of aryl methyl sites for hydroxylation is 1. The van der Waals surface area contributed by atoms with Crippen molar-refractivity contribution < 1.29 is 9.47 Å². The molecule has 0 bridgehead atoms. The maximum absolute atomic E-state index is 6.03. The Bertz CT molecular complexity index is 683. The van der Waals surface area contributed by atoms with E-state index >= 15 is 0 Å². The van der Waals surface area contributed by atoms with Crippen LogP contribution in [0.5, 0.6) is 5.75 Å². The Labute approximate surface area is 145 Å². The zero-order valence-corrected chi connectivity index (χ0v) is 14.6. The summed E-state index contributed by atoms with van der Waals surface area (Å²) in [5.41, 5.74) is 0.999. The summed E-state index contributed by atoms with van der Waals surface area (Å²) in [5.74, 6) is 2.25. The van der Waals surface area contributed by atoms with Crippen LogP contribution in [0.25, 0.3) is 0 Å². The first-order valence-electron chi connectivity index (χ1n) is 7.99. The standard InChI is InChI=1S/C17H19ClN2O2S/c1-12-9-13(5-6-14(12)18)21-10-15-19-20-16(22-15)11-23-17(20)7-3-2-4-8-17/h5-6,9,11H,2-4,7-8,10H2,1H3. The summed E-state index contributed by atoms with van der Waals surface area (Å²) in [6.07, 6.45) is 6.16. The van der Waals surface area contributed by atoms with Crippen LogP contribution in [0.3, 0.4) is 0 Å². The number of fused-ring (bicyclic) bond motifs is 2. The van der Waals surface area contributed by atoms with Crippen molar-refractivity contribution in [1.82, 2.24) is 5.01 Å². The van der Waals surface area contributed by atoms with Crippen LogP contribution in [-0.4, -0.2) is 22.4 Å². The Morgan fingerprint density at radius 2 is 2.17 bits per heavy atom. The third-order valence-electron chi connectivity index (χ3n) is 4.53. The average Bonchev–Trinajstić information content (AvgIpc) is 3.11. The second-order valence-corrected chi connectivity index (χ2v) is 7.83. The van der Waals surface area contributed by atoms with E-state index < -0.39 is 0 Å². The van der Waals surface area contributed by atoms with E-state index in [2.05, 4.69) is 15.5 Å². The van der Waals surface area contributed by atoms with Gasteiger partial charge >= 0.3 is 0 Å². The van der Waals surface area contributed by atoms with Crippen LogP contribution in [-0.2, 0) is 4.74 Å². The monoisotopic (exact) mass is 350 g/mol. The molecule has 6 heteroatoms. The molecule has 0 N–H and O–H groups in total. The van der Waals surface area contributed by atoms with Gasteiger partial charge in [-0.1, -0.05) is 42.6 Å². The number of hydrogen-bond donors (Lipinski definition) is 0. The van der Waals surface area contributed by atoms with E-state index in [4.69, 9.17) is 21.1 Å². The molecule has 4 nitrogen and oxygen atoms in total. The number of nitrogens with zero attached hydrogens (tertiary/aromatic N) is 2. The molecule has 0 unspecified atom stereocenters. The first-order chi connectivity index (χ1) is 11.2. The minimum absolute atomic E-state index is 0.0756. The molecule has 0 aromatic heterocycles. The van der Waals surface area contributed by atoms with Crippen LogP contribution in [0.4, 0.5) is 0 Å². The van der Waals surface area contributed by atoms with Crippen LogP contribution in [0.15, 0.2) is 34.6 Å². The zero-order chi connectivity index (χ0) is 15.9. The minimum Gasteiger partial charge on any atom is -0.484 e. The topological polar surface area (TPSA) is 34.1 Å². The molecular weight excluding hydrogens is 332 g/mol. The van der Waals surface area contributed by atoms with Gasteiger partial charge in [0.05, 0.1) is 0 Å². The van der Waals surface area contributed by atoms with Crippen molar-refractivity contribution in [2.24, 2.45) is 5.10 Å². The largest absolute Gasteiger partial charge is 0.484 e. The lowest BCUT2D eigenvalue weighted by Gasteiger charge is -2.37. The normalized spacial score (nSPS) is 21.7. The lowest BCUT2D eigenvalue weighted by Crippen LogP contribution is -2.39. The number of benzene rings is 1. The van der Waals surface area contributed by atoms with Crippen LogP contribution < -0.4 is 4.74 Å². The number of halogens is 1. The highest BCUT2D eigenvalue weighted by Crippen LogP contribution is 2.51. The zero-order valence-electron chi connectivity index (χ0n) is 13.0. The molecule has 122 valence electrons. The molecule has 23 heavy (non-hydrogen) atoms. The fourth-order valence-electron chi connectivity index (χ4n) is 3.27. The molecule has 1 spiro atoms. The molecule has 0 atom stereocenters. The molecule has 1 fully saturated rings.